The molecule has 3 rings (SSSR count). The van der Waals surface area contributed by atoms with Gasteiger partial charge in [-0.25, -0.2) is 13.2 Å². The molecule has 1 fully saturated rings. The zero-order valence-corrected chi connectivity index (χ0v) is 15.3. The van der Waals surface area contributed by atoms with E-state index in [1.165, 1.54) is 12.1 Å². The summed E-state index contributed by atoms with van der Waals surface area (Å²) in [4.78, 5) is 16.2. The summed E-state index contributed by atoms with van der Waals surface area (Å²) in [5.74, 6) is -2.27. The van der Waals surface area contributed by atoms with E-state index >= 15 is 0 Å². The zero-order chi connectivity index (χ0) is 19.4. The molecule has 1 saturated heterocycles. The first-order valence-electron chi connectivity index (χ1n) is 8.54. The summed E-state index contributed by atoms with van der Waals surface area (Å²) in [6.07, 6.45) is 0. The van der Waals surface area contributed by atoms with Crippen LogP contribution in [-0.4, -0.2) is 48.4 Å². The van der Waals surface area contributed by atoms with E-state index in [1.807, 2.05) is 4.90 Å². The summed E-state index contributed by atoms with van der Waals surface area (Å²) < 4.78 is 39.7. The van der Waals surface area contributed by atoms with Gasteiger partial charge < -0.3 is 5.32 Å². The Kier molecular flexibility index (Phi) is 6.36. The van der Waals surface area contributed by atoms with E-state index in [-0.39, 0.29) is 23.2 Å². The number of rotatable bonds is 5. The quantitative estimate of drug-likeness (QED) is 0.838. The highest BCUT2D eigenvalue weighted by molar-refractivity contribution is 6.30. The average Bonchev–Trinajstić information content (AvgIpc) is 2.62. The summed E-state index contributed by atoms with van der Waals surface area (Å²) >= 11 is 5.80. The van der Waals surface area contributed by atoms with Crippen LogP contribution < -0.4 is 5.32 Å². The van der Waals surface area contributed by atoms with Crippen molar-refractivity contribution in [3.05, 3.63) is 64.4 Å². The fraction of sp³-hybridized carbons (Fsp3) is 0.316. The number of piperazine rings is 1. The monoisotopic (exact) mass is 397 g/mol. The van der Waals surface area contributed by atoms with Gasteiger partial charge in [-0.15, -0.1) is 0 Å². The minimum Gasteiger partial charge on any atom is -0.322 e. The SMILES string of the molecule is O=C(CN1CCN(Cc2ccc(F)c(Cl)c2)CC1)Nc1ccc(F)cc1F. The van der Waals surface area contributed by atoms with Crippen LogP contribution in [0.25, 0.3) is 0 Å². The predicted octanol–water partition coefficient (Wildman–Crippen LogP) is 3.51. The molecule has 27 heavy (non-hydrogen) atoms. The number of hydrogen-bond acceptors (Lipinski definition) is 3. The second-order valence-corrected chi connectivity index (χ2v) is 6.88. The van der Waals surface area contributed by atoms with Gasteiger partial charge in [0, 0.05) is 38.8 Å². The number of benzene rings is 2. The van der Waals surface area contributed by atoms with Crippen LogP contribution in [0.3, 0.4) is 0 Å². The number of hydrogen-bond donors (Lipinski definition) is 1. The van der Waals surface area contributed by atoms with Crippen molar-refractivity contribution in [3.8, 4) is 0 Å². The Hall–Kier alpha value is -2.09. The van der Waals surface area contributed by atoms with Crippen molar-refractivity contribution < 1.29 is 18.0 Å². The molecule has 1 aliphatic heterocycles. The molecule has 0 atom stereocenters. The standard InChI is InChI=1S/C19H19ClF3N3O/c20-15-9-13(1-3-16(15)22)11-25-5-7-26(8-6-25)12-19(27)24-18-4-2-14(21)10-17(18)23/h1-4,9-10H,5-8,11-12H2,(H,24,27). The van der Waals surface area contributed by atoms with Gasteiger partial charge in [0.15, 0.2) is 0 Å². The van der Waals surface area contributed by atoms with Crippen LogP contribution in [0.4, 0.5) is 18.9 Å². The molecule has 144 valence electrons. The van der Waals surface area contributed by atoms with Crippen molar-refractivity contribution in [2.75, 3.05) is 38.0 Å². The first kappa shape index (κ1) is 19.7. The fourth-order valence-corrected chi connectivity index (χ4v) is 3.19. The third-order valence-corrected chi connectivity index (χ3v) is 4.72. The van der Waals surface area contributed by atoms with E-state index in [0.29, 0.717) is 19.6 Å². The highest BCUT2D eigenvalue weighted by Gasteiger charge is 2.20. The van der Waals surface area contributed by atoms with Gasteiger partial charge in [0.1, 0.15) is 17.5 Å². The molecule has 0 aromatic heterocycles. The minimum atomic E-state index is -0.800. The molecule has 0 radical (unpaired) electrons. The van der Waals surface area contributed by atoms with E-state index in [0.717, 1.165) is 30.8 Å². The number of carbonyl (C=O) groups is 1. The Balaban J connectivity index is 1.46. The summed E-state index contributed by atoms with van der Waals surface area (Å²) in [6.45, 7) is 3.62. The van der Waals surface area contributed by atoms with Crippen LogP contribution in [0, 0.1) is 17.5 Å². The van der Waals surface area contributed by atoms with Gasteiger partial charge in [-0.2, -0.15) is 0 Å². The second-order valence-electron chi connectivity index (χ2n) is 6.47. The number of nitrogens with zero attached hydrogens (tertiary/aromatic N) is 2. The molecule has 0 bridgehead atoms. The number of halogens is 4. The van der Waals surface area contributed by atoms with E-state index in [9.17, 15) is 18.0 Å². The van der Waals surface area contributed by atoms with Crippen LogP contribution in [0.1, 0.15) is 5.56 Å². The molecule has 0 unspecified atom stereocenters. The van der Waals surface area contributed by atoms with Crippen LogP contribution in [0.5, 0.6) is 0 Å². The van der Waals surface area contributed by atoms with E-state index in [2.05, 4.69) is 10.2 Å². The van der Waals surface area contributed by atoms with Crippen molar-refractivity contribution in [2.24, 2.45) is 0 Å². The van der Waals surface area contributed by atoms with Crippen molar-refractivity contribution in [1.82, 2.24) is 9.80 Å². The lowest BCUT2D eigenvalue weighted by atomic mass is 10.2. The lowest BCUT2D eigenvalue weighted by Crippen LogP contribution is -2.48. The van der Waals surface area contributed by atoms with Gasteiger partial charge in [-0.1, -0.05) is 17.7 Å². The topological polar surface area (TPSA) is 35.6 Å². The second kappa shape index (κ2) is 8.73. The van der Waals surface area contributed by atoms with Crippen LogP contribution in [-0.2, 0) is 11.3 Å². The third-order valence-electron chi connectivity index (χ3n) is 4.43. The van der Waals surface area contributed by atoms with E-state index in [4.69, 9.17) is 11.6 Å². The molecule has 0 saturated carbocycles. The molecule has 1 heterocycles. The van der Waals surface area contributed by atoms with Gasteiger partial charge in [-0.3, -0.25) is 14.6 Å². The lowest BCUT2D eigenvalue weighted by Gasteiger charge is -2.34. The Bertz CT molecular complexity index is 826. The first-order valence-corrected chi connectivity index (χ1v) is 8.92. The van der Waals surface area contributed by atoms with Crippen molar-refractivity contribution in [3.63, 3.8) is 0 Å². The molecule has 8 heteroatoms. The summed E-state index contributed by atoms with van der Waals surface area (Å²) in [5.41, 5.74) is 0.896. The smallest absolute Gasteiger partial charge is 0.238 e. The Labute approximate surface area is 160 Å². The molecular weight excluding hydrogens is 379 g/mol. The molecular formula is C19H19ClF3N3O. The fourth-order valence-electron chi connectivity index (χ4n) is 2.99. The molecule has 1 amide bonds. The number of nitrogens with one attached hydrogen (secondary N) is 1. The molecule has 2 aromatic rings. The minimum absolute atomic E-state index is 0.0341. The number of carbonyl (C=O) groups excluding carboxylic acids is 1. The normalized spacial score (nSPS) is 15.7. The van der Waals surface area contributed by atoms with Crippen LogP contribution in [0.2, 0.25) is 5.02 Å². The number of anilines is 1. The Morgan fingerprint density at radius 1 is 0.963 bits per heavy atom. The van der Waals surface area contributed by atoms with Crippen molar-refractivity contribution in [1.29, 1.82) is 0 Å². The van der Waals surface area contributed by atoms with E-state index in [1.54, 1.807) is 12.1 Å². The molecule has 0 spiro atoms. The molecule has 4 nitrogen and oxygen atoms in total. The number of amides is 1. The highest BCUT2D eigenvalue weighted by atomic mass is 35.5. The van der Waals surface area contributed by atoms with Crippen molar-refractivity contribution in [2.45, 2.75) is 6.54 Å². The van der Waals surface area contributed by atoms with Gasteiger partial charge in [-0.05, 0) is 29.8 Å². The summed E-state index contributed by atoms with van der Waals surface area (Å²) in [7, 11) is 0. The molecule has 0 aliphatic carbocycles. The maximum Gasteiger partial charge on any atom is 0.238 e. The largest absolute Gasteiger partial charge is 0.322 e. The zero-order valence-electron chi connectivity index (χ0n) is 14.5. The maximum atomic E-state index is 13.6. The summed E-state index contributed by atoms with van der Waals surface area (Å²) in [5, 5.41) is 2.57. The predicted molar refractivity (Wildman–Crippen MR) is 98.1 cm³/mol. The molecule has 1 aliphatic rings. The highest BCUT2D eigenvalue weighted by Crippen LogP contribution is 2.18. The van der Waals surface area contributed by atoms with Gasteiger partial charge in [0.2, 0.25) is 5.91 Å². The average molecular weight is 398 g/mol. The summed E-state index contributed by atoms with van der Waals surface area (Å²) in [6, 6.07) is 7.71. The van der Waals surface area contributed by atoms with Crippen molar-refractivity contribution >= 4 is 23.2 Å². The Morgan fingerprint density at radius 2 is 1.67 bits per heavy atom. The Morgan fingerprint density at radius 3 is 2.33 bits per heavy atom. The third kappa shape index (κ3) is 5.45. The lowest BCUT2D eigenvalue weighted by molar-refractivity contribution is -0.117. The maximum absolute atomic E-state index is 13.6. The molecule has 1 N–H and O–H groups in total. The van der Waals surface area contributed by atoms with Gasteiger partial charge in [0.25, 0.3) is 0 Å². The van der Waals surface area contributed by atoms with Gasteiger partial charge >= 0.3 is 0 Å². The van der Waals surface area contributed by atoms with Gasteiger partial charge in [0.05, 0.1) is 17.3 Å². The van der Waals surface area contributed by atoms with E-state index < -0.39 is 17.5 Å². The molecule has 2 aromatic carbocycles. The first-order chi connectivity index (χ1) is 12.9. The van der Waals surface area contributed by atoms with Crippen LogP contribution in [0.15, 0.2) is 36.4 Å². The van der Waals surface area contributed by atoms with Crippen LogP contribution >= 0.6 is 11.6 Å².